The number of hydrogen-bond donors (Lipinski definition) is 0. The topological polar surface area (TPSA) is 0 Å². The first-order valence-corrected chi connectivity index (χ1v) is 6.27. The first-order valence-electron chi connectivity index (χ1n) is 6.27. The van der Waals surface area contributed by atoms with E-state index in [9.17, 15) is 0 Å². The predicted molar refractivity (Wildman–Crippen MR) is 55.4 cm³/mol. The molecule has 0 radical (unpaired) electrons. The maximum Gasteiger partial charge on any atom is -0.0326 e. The van der Waals surface area contributed by atoms with Crippen LogP contribution >= 0.6 is 0 Å². The Balaban J connectivity index is 1.77. The van der Waals surface area contributed by atoms with E-state index >= 15 is 0 Å². The van der Waals surface area contributed by atoms with Crippen molar-refractivity contribution in [1.29, 1.82) is 0 Å². The molecule has 74 valence electrons. The van der Waals surface area contributed by atoms with E-state index in [1.165, 1.54) is 6.42 Å². The summed E-state index contributed by atoms with van der Waals surface area (Å²) in [6.45, 7) is 5.02. The van der Waals surface area contributed by atoms with Gasteiger partial charge in [0, 0.05) is 0 Å². The quantitative estimate of drug-likeness (QED) is 0.574. The van der Waals surface area contributed by atoms with Gasteiger partial charge in [-0.25, -0.2) is 0 Å². The van der Waals surface area contributed by atoms with Crippen molar-refractivity contribution in [2.45, 2.75) is 46.0 Å². The molecule has 3 rings (SSSR count). The van der Waals surface area contributed by atoms with Crippen LogP contribution in [0.2, 0.25) is 0 Å². The molecular weight excluding hydrogens is 156 g/mol. The van der Waals surface area contributed by atoms with Gasteiger partial charge in [-0.1, -0.05) is 20.3 Å². The summed E-state index contributed by atoms with van der Waals surface area (Å²) in [7, 11) is 0. The number of fused-ring (bicyclic) bond motifs is 2. The van der Waals surface area contributed by atoms with Crippen LogP contribution in [0.3, 0.4) is 0 Å². The highest BCUT2D eigenvalue weighted by atomic mass is 14.6. The van der Waals surface area contributed by atoms with Crippen LogP contribution in [0.4, 0.5) is 0 Å². The van der Waals surface area contributed by atoms with Crippen molar-refractivity contribution < 1.29 is 0 Å². The zero-order valence-electron chi connectivity index (χ0n) is 9.00. The Morgan fingerprint density at radius 2 is 1.62 bits per heavy atom. The minimum Gasteiger partial charge on any atom is -0.0622 e. The third-order valence-electron chi connectivity index (χ3n) is 5.59. The molecule has 0 heteroatoms. The highest BCUT2D eigenvalue weighted by Crippen LogP contribution is 2.59. The smallest absolute Gasteiger partial charge is 0.0326 e. The van der Waals surface area contributed by atoms with Crippen molar-refractivity contribution in [1.82, 2.24) is 0 Å². The summed E-state index contributed by atoms with van der Waals surface area (Å²) in [6, 6.07) is 0. The van der Waals surface area contributed by atoms with Gasteiger partial charge in [0.2, 0.25) is 0 Å². The van der Waals surface area contributed by atoms with Gasteiger partial charge in [-0.05, 0) is 61.2 Å². The van der Waals surface area contributed by atoms with Crippen molar-refractivity contribution in [3.8, 4) is 0 Å². The van der Waals surface area contributed by atoms with Crippen molar-refractivity contribution >= 4 is 0 Å². The second-order valence-electron chi connectivity index (χ2n) is 5.99. The lowest BCUT2D eigenvalue weighted by atomic mass is 9.61. The molecule has 3 saturated carbocycles. The first kappa shape index (κ1) is 8.32. The van der Waals surface area contributed by atoms with Gasteiger partial charge < -0.3 is 0 Å². The summed E-state index contributed by atoms with van der Waals surface area (Å²) in [5.41, 5.74) is 0. The minimum atomic E-state index is 1.06. The molecule has 0 N–H and O–H groups in total. The summed E-state index contributed by atoms with van der Waals surface area (Å²) in [5, 5.41) is 0. The maximum absolute atomic E-state index is 2.54. The third-order valence-corrected chi connectivity index (χ3v) is 5.59. The van der Waals surface area contributed by atoms with Crippen LogP contribution in [0.25, 0.3) is 0 Å². The second kappa shape index (κ2) is 2.74. The molecular formula is C13H22. The van der Waals surface area contributed by atoms with Crippen molar-refractivity contribution in [2.75, 3.05) is 0 Å². The van der Waals surface area contributed by atoms with E-state index < -0.39 is 0 Å². The Kier molecular flexibility index (Phi) is 1.76. The van der Waals surface area contributed by atoms with Gasteiger partial charge in [-0.15, -0.1) is 0 Å². The van der Waals surface area contributed by atoms with Crippen LogP contribution in [0.1, 0.15) is 46.0 Å². The molecule has 3 aliphatic rings. The maximum atomic E-state index is 2.54. The molecule has 0 spiro atoms. The molecule has 2 bridgehead atoms. The summed E-state index contributed by atoms with van der Waals surface area (Å²) >= 11 is 0. The Morgan fingerprint density at radius 1 is 0.846 bits per heavy atom. The Hall–Kier alpha value is 0. The molecule has 0 aromatic carbocycles. The van der Waals surface area contributed by atoms with E-state index in [1.54, 1.807) is 25.7 Å². The van der Waals surface area contributed by atoms with E-state index in [1.807, 2.05) is 0 Å². The molecule has 3 aliphatic carbocycles. The first-order chi connectivity index (χ1) is 6.27. The monoisotopic (exact) mass is 178 g/mol. The van der Waals surface area contributed by atoms with Crippen LogP contribution in [0.5, 0.6) is 0 Å². The normalized spacial score (nSPS) is 59.5. The van der Waals surface area contributed by atoms with Gasteiger partial charge in [-0.2, -0.15) is 0 Å². The van der Waals surface area contributed by atoms with Crippen molar-refractivity contribution in [3.05, 3.63) is 0 Å². The van der Waals surface area contributed by atoms with Crippen LogP contribution in [-0.2, 0) is 0 Å². The van der Waals surface area contributed by atoms with Crippen LogP contribution < -0.4 is 0 Å². The fourth-order valence-electron chi connectivity index (χ4n) is 4.63. The molecule has 0 nitrogen and oxygen atoms in total. The highest BCUT2D eigenvalue weighted by Gasteiger charge is 2.50. The van der Waals surface area contributed by atoms with E-state index in [0.717, 1.165) is 35.5 Å². The lowest BCUT2D eigenvalue weighted by Crippen LogP contribution is -2.37. The van der Waals surface area contributed by atoms with Crippen LogP contribution in [0, 0.1) is 35.5 Å². The Morgan fingerprint density at radius 3 is 2.08 bits per heavy atom. The largest absolute Gasteiger partial charge is 0.0622 e. The van der Waals surface area contributed by atoms with E-state index in [-0.39, 0.29) is 0 Å². The molecule has 6 atom stereocenters. The molecule has 0 heterocycles. The lowest BCUT2D eigenvalue weighted by Gasteiger charge is -2.44. The fourth-order valence-corrected chi connectivity index (χ4v) is 4.63. The SMILES string of the molecule is CC1CCC1C1C2CCC(C2)C1C. The molecule has 13 heavy (non-hydrogen) atoms. The molecule has 0 aromatic rings. The van der Waals surface area contributed by atoms with Gasteiger partial charge in [0.1, 0.15) is 0 Å². The molecule has 0 saturated heterocycles. The van der Waals surface area contributed by atoms with E-state index in [4.69, 9.17) is 0 Å². The van der Waals surface area contributed by atoms with Gasteiger partial charge in [0.25, 0.3) is 0 Å². The molecule has 0 aliphatic heterocycles. The molecule has 0 aromatic heterocycles. The predicted octanol–water partition coefficient (Wildman–Crippen LogP) is 3.71. The summed E-state index contributed by atoms with van der Waals surface area (Å²) in [5.74, 6) is 6.68. The van der Waals surface area contributed by atoms with Gasteiger partial charge in [-0.3, -0.25) is 0 Å². The number of hydrogen-bond acceptors (Lipinski definition) is 0. The zero-order chi connectivity index (χ0) is 9.00. The summed E-state index contributed by atoms with van der Waals surface area (Å²) in [6.07, 6.45) is 7.80. The van der Waals surface area contributed by atoms with Crippen LogP contribution in [-0.4, -0.2) is 0 Å². The van der Waals surface area contributed by atoms with Crippen molar-refractivity contribution in [3.63, 3.8) is 0 Å². The van der Waals surface area contributed by atoms with E-state index in [2.05, 4.69) is 13.8 Å². The average molecular weight is 178 g/mol. The van der Waals surface area contributed by atoms with Gasteiger partial charge in [0.15, 0.2) is 0 Å². The Labute approximate surface area is 82.1 Å². The van der Waals surface area contributed by atoms with Crippen molar-refractivity contribution in [2.24, 2.45) is 35.5 Å². The molecule has 0 amide bonds. The highest BCUT2D eigenvalue weighted by molar-refractivity contribution is 5.00. The standard InChI is InChI=1S/C13H22/c1-8-3-6-12(8)13-9(2)10-4-5-11(13)7-10/h8-13H,3-7H2,1-2H3. The zero-order valence-corrected chi connectivity index (χ0v) is 9.00. The fraction of sp³-hybridized carbons (Fsp3) is 1.00. The average Bonchev–Trinajstić information content (AvgIpc) is 2.67. The number of rotatable bonds is 1. The lowest BCUT2D eigenvalue weighted by molar-refractivity contribution is 0.0483. The molecule has 6 unspecified atom stereocenters. The molecule has 3 fully saturated rings. The third kappa shape index (κ3) is 1.04. The minimum absolute atomic E-state index is 1.06. The Bertz CT molecular complexity index is 206. The summed E-state index contributed by atoms with van der Waals surface area (Å²) in [4.78, 5) is 0. The van der Waals surface area contributed by atoms with Gasteiger partial charge in [0.05, 0.1) is 0 Å². The summed E-state index contributed by atoms with van der Waals surface area (Å²) < 4.78 is 0. The van der Waals surface area contributed by atoms with E-state index in [0.29, 0.717) is 0 Å². The van der Waals surface area contributed by atoms with Gasteiger partial charge >= 0.3 is 0 Å². The van der Waals surface area contributed by atoms with Crippen LogP contribution in [0.15, 0.2) is 0 Å². The second-order valence-corrected chi connectivity index (χ2v) is 5.99.